The van der Waals surface area contributed by atoms with E-state index in [4.69, 9.17) is 10.6 Å². The topological polar surface area (TPSA) is 47.3 Å². The average molecular weight is 349 g/mol. The largest absolute Gasteiger partial charge is 0.496 e. The molecule has 0 saturated heterocycles. The van der Waals surface area contributed by atoms with Gasteiger partial charge >= 0.3 is 0 Å². The molecular formula is C17H21BrN2O. The Kier molecular flexibility index (Phi) is 5.39. The van der Waals surface area contributed by atoms with Gasteiger partial charge in [-0.3, -0.25) is 11.3 Å². The fourth-order valence-corrected chi connectivity index (χ4v) is 2.90. The molecule has 3 N–H and O–H groups in total. The average Bonchev–Trinajstić information content (AvgIpc) is 2.48. The predicted molar refractivity (Wildman–Crippen MR) is 90.4 cm³/mol. The van der Waals surface area contributed by atoms with Gasteiger partial charge in [-0.05, 0) is 70.6 Å². The maximum atomic E-state index is 5.74. The van der Waals surface area contributed by atoms with Crippen LogP contribution in [-0.2, 0) is 6.42 Å². The number of nitrogens with two attached hydrogens (primary N) is 1. The van der Waals surface area contributed by atoms with Crippen LogP contribution in [0.5, 0.6) is 5.75 Å². The van der Waals surface area contributed by atoms with Crippen LogP contribution in [0, 0.1) is 13.8 Å². The first kappa shape index (κ1) is 16.0. The smallest absolute Gasteiger partial charge is 0.133 e. The lowest BCUT2D eigenvalue weighted by Crippen LogP contribution is -2.29. The molecule has 2 aromatic carbocycles. The van der Waals surface area contributed by atoms with E-state index in [1.54, 1.807) is 7.11 Å². The lowest BCUT2D eigenvalue weighted by atomic mass is 9.97. The zero-order valence-corrected chi connectivity index (χ0v) is 14.2. The molecule has 4 heteroatoms. The van der Waals surface area contributed by atoms with Gasteiger partial charge in [0.25, 0.3) is 0 Å². The van der Waals surface area contributed by atoms with Crippen LogP contribution in [0.1, 0.15) is 28.3 Å². The summed E-state index contributed by atoms with van der Waals surface area (Å²) in [6, 6.07) is 12.6. The van der Waals surface area contributed by atoms with Gasteiger partial charge in [0.05, 0.1) is 17.6 Å². The summed E-state index contributed by atoms with van der Waals surface area (Å²) in [6.45, 7) is 4.26. The maximum Gasteiger partial charge on any atom is 0.133 e. The molecule has 1 unspecified atom stereocenters. The number of hydrazine groups is 1. The van der Waals surface area contributed by atoms with Crippen LogP contribution in [0.3, 0.4) is 0 Å². The molecule has 0 aliphatic rings. The van der Waals surface area contributed by atoms with Crippen molar-refractivity contribution in [2.75, 3.05) is 7.11 Å². The Bertz CT molecular complexity index is 628. The van der Waals surface area contributed by atoms with Crippen molar-refractivity contribution in [3.63, 3.8) is 0 Å². The van der Waals surface area contributed by atoms with E-state index >= 15 is 0 Å². The molecule has 2 rings (SSSR count). The number of halogens is 1. The van der Waals surface area contributed by atoms with Crippen molar-refractivity contribution in [2.45, 2.75) is 26.3 Å². The first-order chi connectivity index (χ1) is 10.0. The molecule has 112 valence electrons. The molecular weight excluding hydrogens is 328 g/mol. The van der Waals surface area contributed by atoms with Crippen LogP contribution < -0.4 is 16.0 Å². The van der Waals surface area contributed by atoms with E-state index in [0.717, 1.165) is 22.2 Å². The Morgan fingerprint density at radius 3 is 2.48 bits per heavy atom. The van der Waals surface area contributed by atoms with E-state index in [1.807, 2.05) is 18.2 Å². The molecule has 0 saturated carbocycles. The highest BCUT2D eigenvalue weighted by Gasteiger charge is 2.13. The molecule has 1 atom stereocenters. The van der Waals surface area contributed by atoms with Gasteiger partial charge in [0.1, 0.15) is 5.75 Å². The molecule has 0 fully saturated rings. The van der Waals surface area contributed by atoms with Crippen LogP contribution in [0.25, 0.3) is 0 Å². The molecule has 0 spiro atoms. The number of rotatable bonds is 5. The van der Waals surface area contributed by atoms with Crippen molar-refractivity contribution in [1.29, 1.82) is 0 Å². The highest BCUT2D eigenvalue weighted by Crippen LogP contribution is 2.29. The summed E-state index contributed by atoms with van der Waals surface area (Å²) in [4.78, 5) is 0. The summed E-state index contributed by atoms with van der Waals surface area (Å²) in [5.74, 6) is 6.56. The predicted octanol–water partition coefficient (Wildman–Crippen LogP) is 3.82. The monoisotopic (exact) mass is 348 g/mol. The zero-order valence-electron chi connectivity index (χ0n) is 12.6. The molecule has 0 bridgehead atoms. The zero-order chi connectivity index (χ0) is 15.4. The summed E-state index contributed by atoms with van der Waals surface area (Å²) in [5.41, 5.74) is 7.92. The van der Waals surface area contributed by atoms with Gasteiger partial charge in [-0.2, -0.15) is 0 Å². The Morgan fingerprint density at radius 1 is 1.14 bits per heavy atom. The lowest BCUT2D eigenvalue weighted by molar-refractivity contribution is 0.411. The lowest BCUT2D eigenvalue weighted by Gasteiger charge is -2.18. The molecule has 0 aromatic heterocycles. The number of aryl methyl sites for hydroxylation is 2. The molecule has 0 heterocycles. The number of nitrogens with one attached hydrogen (secondary N) is 1. The van der Waals surface area contributed by atoms with Gasteiger partial charge in [-0.1, -0.05) is 24.3 Å². The highest BCUT2D eigenvalue weighted by molar-refractivity contribution is 9.10. The third-order valence-corrected chi connectivity index (χ3v) is 4.41. The number of ether oxygens (including phenoxy) is 1. The van der Waals surface area contributed by atoms with Crippen molar-refractivity contribution in [3.05, 3.63) is 63.1 Å². The van der Waals surface area contributed by atoms with Crippen molar-refractivity contribution in [2.24, 2.45) is 5.84 Å². The molecule has 0 aliphatic heterocycles. The minimum Gasteiger partial charge on any atom is -0.496 e. The third kappa shape index (κ3) is 3.84. The minimum absolute atomic E-state index is 0.0642. The van der Waals surface area contributed by atoms with Gasteiger partial charge in [-0.15, -0.1) is 0 Å². The van der Waals surface area contributed by atoms with Gasteiger partial charge < -0.3 is 4.74 Å². The SMILES string of the molecule is COc1ccc(C(Cc2ccc(C)c(C)c2)NN)cc1Br. The highest BCUT2D eigenvalue weighted by atomic mass is 79.9. The second-order valence-electron chi connectivity index (χ2n) is 5.24. The van der Waals surface area contributed by atoms with E-state index in [2.05, 4.69) is 53.4 Å². The van der Waals surface area contributed by atoms with Crippen molar-refractivity contribution in [1.82, 2.24) is 5.43 Å². The van der Waals surface area contributed by atoms with E-state index < -0.39 is 0 Å². The van der Waals surface area contributed by atoms with Crippen LogP contribution >= 0.6 is 15.9 Å². The summed E-state index contributed by atoms with van der Waals surface area (Å²) in [6.07, 6.45) is 0.844. The second kappa shape index (κ2) is 7.07. The summed E-state index contributed by atoms with van der Waals surface area (Å²) in [7, 11) is 1.66. The first-order valence-corrected chi connectivity index (χ1v) is 7.70. The van der Waals surface area contributed by atoms with E-state index in [1.165, 1.54) is 16.7 Å². The summed E-state index contributed by atoms with van der Waals surface area (Å²) in [5, 5.41) is 0. The molecule has 2 aromatic rings. The van der Waals surface area contributed by atoms with Crippen LogP contribution in [0.2, 0.25) is 0 Å². The Hall–Kier alpha value is -1.36. The van der Waals surface area contributed by atoms with Crippen molar-refractivity contribution >= 4 is 15.9 Å². The van der Waals surface area contributed by atoms with Crippen LogP contribution in [0.4, 0.5) is 0 Å². The van der Waals surface area contributed by atoms with Gasteiger partial charge in [0.2, 0.25) is 0 Å². The van der Waals surface area contributed by atoms with Gasteiger partial charge in [0, 0.05) is 0 Å². The molecule has 21 heavy (non-hydrogen) atoms. The standard InChI is InChI=1S/C17H21BrN2O/c1-11-4-5-13(8-12(11)2)9-16(20-19)14-6-7-17(21-3)15(18)10-14/h4-8,10,16,20H,9,19H2,1-3H3. The normalized spacial score (nSPS) is 12.2. The number of hydrogen-bond acceptors (Lipinski definition) is 3. The Balaban J connectivity index is 2.23. The van der Waals surface area contributed by atoms with Crippen molar-refractivity contribution in [3.8, 4) is 5.75 Å². The fourth-order valence-electron chi connectivity index (χ4n) is 2.34. The Labute approximate surface area is 134 Å². The van der Waals surface area contributed by atoms with Gasteiger partial charge in [-0.25, -0.2) is 0 Å². The van der Waals surface area contributed by atoms with Crippen molar-refractivity contribution < 1.29 is 4.74 Å². The number of benzene rings is 2. The summed E-state index contributed by atoms with van der Waals surface area (Å²) >= 11 is 3.52. The molecule has 0 amide bonds. The van der Waals surface area contributed by atoms with E-state index in [0.29, 0.717) is 0 Å². The summed E-state index contributed by atoms with van der Waals surface area (Å²) < 4.78 is 6.20. The second-order valence-corrected chi connectivity index (χ2v) is 6.09. The Morgan fingerprint density at radius 2 is 1.90 bits per heavy atom. The third-order valence-electron chi connectivity index (χ3n) is 3.79. The van der Waals surface area contributed by atoms with E-state index in [9.17, 15) is 0 Å². The number of methoxy groups -OCH3 is 1. The number of hydrogen-bond donors (Lipinski definition) is 2. The van der Waals surface area contributed by atoms with Crippen LogP contribution in [0.15, 0.2) is 40.9 Å². The first-order valence-electron chi connectivity index (χ1n) is 6.91. The molecule has 0 aliphatic carbocycles. The maximum absolute atomic E-state index is 5.74. The van der Waals surface area contributed by atoms with Crippen LogP contribution in [-0.4, -0.2) is 7.11 Å². The molecule has 3 nitrogen and oxygen atoms in total. The fraction of sp³-hybridized carbons (Fsp3) is 0.294. The minimum atomic E-state index is 0.0642. The molecule has 0 radical (unpaired) electrons. The van der Waals surface area contributed by atoms with Gasteiger partial charge in [0.15, 0.2) is 0 Å². The van der Waals surface area contributed by atoms with E-state index in [-0.39, 0.29) is 6.04 Å². The quantitative estimate of drug-likeness (QED) is 0.637.